The van der Waals surface area contributed by atoms with Crippen molar-refractivity contribution in [3.05, 3.63) is 83.1 Å². The van der Waals surface area contributed by atoms with E-state index in [4.69, 9.17) is 0 Å². The molecule has 9 nitrogen and oxygen atoms in total. The monoisotopic (exact) mass is 465 g/mol. The van der Waals surface area contributed by atoms with E-state index in [1.165, 1.54) is 41.7 Å². The summed E-state index contributed by atoms with van der Waals surface area (Å²) in [4.78, 5) is 30.2. The summed E-state index contributed by atoms with van der Waals surface area (Å²) in [5, 5.41) is 10.2. The molecule has 2 amide bonds. The molecule has 1 aliphatic rings. The molecule has 160 valence electrons. The van der Waals surface area contributed by atoms with Gasteiger partial charge in [-0.15, -0.1) is 0 Å². The fraction of sp³-hybridized carbons (Fsp3) is 0.0476. The summed E-state index contributed by atoms with van der Waals surface area (Å²) in [6, 6.07) is 11.9. The van der Waals surface area contributed by atoms with Crippen molar-refractivity contribution >= 4 is 38.7 Å². The van der Waals surface area contributed by atoms with Crippen LogP contribution in [0.3, 0.4) is 0 Å². The fourth-order valence-corrected chi connectivity index (χ4v) is 5.72. The zero-order valence-electron chi connectivity index (χ0n) is 16.3. The number of rotatable bonds is 4. The Labute approximate surface area is 186 Å². The van der Waals surface area contributed by atoms with E-state index in [0.29, 0.717) is 5.13 Å². The van der Waals surface area contributed by atoms with Crippen LogP contribution in [0.25, 0.3) is 5.13 Å². The molecule has 0 radical (unpaired) electrons. The van der Waals surface area contributed by atoms with Crippen LogP contribution in [0.5, 0.6) is 0 Å². The predicted molar refractivity (Wildman–Crippen MR) is 117 cm³/mol. The van der Waals surface area contributed by atoms with Crippen molar-refractivity contribution in [2.75, 3.05) is 5.32 Å². The average Bonchev–Trinajstić information content (AvgIpc) is 3.47. The van der Waals surface area contributed by atoms with Gasteiger partial charge in [0.25, 0.3) is 11.8 Å². The van der Waals surface area contributed by atoms with Crippen molar-refractivity contribution in [2.45, 2.75) is 16.3 Å². The summed E-state index contributed by atoms with van der Waals surface area (Å²) < 4.78 is 27.7. The van der Waals surface area contributed by atoms with Crippen molar-refractivity contribution in [2.24, 2.45) is 0 Å². The molecule has 0 fully saturated rings. The third-order valence-corrected chi connectivity index (χ3v) is 7.72. The van der Waals surface area contributed by atoms with Crippen LogP contribution in [-0.4, -0.2) is 35.0 Å². The van der Waals surface area contributed by atoms with Crippen LogP contribution in [0.4, 0.5) is 5.69 Å². The van der Waals surface area contributed by atoms with Crippen LogP contribution in [0, 0.1) is 0 Å². The number of aromatic nitrogens is 3. The van der Waals surface area contributed by atoms with E-state index in [9.17, 15) is 18.0 Å². The Morgan fingerprint density at radius 2 is 1.97 bits per heavy atom. The van der Waals surface area contributed by atoms with E-state index in [2.05, 4.69) is 20.7 Å². The molecule has 0 unspecified atom stereocenters. The first-order chi connectivity index (χ1) is 15.4. The number of amides is 2. The SMILES string of the molecule is O=C(NCc1cnc(-n2cccn2)s1)c1ccc2c(c1)NC(=O)c1ccccc1S2(=O)=O. The highest BCUT2D eigenvalue weighted by atomic mass is 32.2. The van der Waals surface area contributed by atoms with E-state index >= 15 is 0 Å². The maximum absolute atomic E-state index is 13.0. The van der Waals surface area contributed by atoms with E-state index in [1.807, 2.05) is 0 Å². The van der Waals surface area contributed by atoms with Crippen LogP contribution in [0.2, 0.25) is 0 Å². The minimum absolute atomic E-state index is 0.0568. The highest BCUT2D eigenvalue weighted by Gasteiger charge is 2.31. The number of benzene rings is 2. The van der Waals surface area contributed by atoms with Gasteiger partial charge in [-0.3, -0.25) is 9.59 Å². The molecule has 2 aromatic heterocycles. The molecule has 11 heteroatoms. The molecule has 2 aromatic carbocycles. The Balaban J connectivity index is 1.38. The van der Waals surface area contributed by atoms with Gasteiger partial charge < -0.3 is 10.6 Å². The summed E-state index contributed by atoms with van der Waals surface area (Å²) in [6.07, 6.45) is 5.08. The summed E-state index contributed by atoms with van der Waals surface area (Å²) in [7, 11) is -3.92. The van der Waals surface area contributed by atoms with E-state index in [1.54, 1.807) is 41.5 Å². The molecule has 0 spiro atoms. The van der Waals surface area contributed by atoms with Crippen molar-refractivity contribution < 1.29 is 18.0 Å². The first kappa shape index (κ1) is 20.1. The first-order valence-electron chi connectivity index (χ1n) is 9.46. The number of carbonyl (C=O) groups excluding carboxylic acids is 2. The normalized spacial score (nSPS) is 14.1. The summed E-state index contributed by atoms with van der Waals surface area (Å²) in [5.74, 6) is -0.952. The number of nitrogens with one attached hydrogen (secondary N) is 2. The van der Waals surface area contributed by atoms with E-state index in [0.717, 1.165) is 4.88 Å². The van der Waals surface area contributed by atoms with Crippen molar-refractivity contribution in [1.29, 1.82) is 0 Å². The minimum atomic E-state index is -3.92. The number of hydrogen-bond donors (Lipinski definition) is 2. The average molecular weight is 466 g/mol. The Hall–Kier alpha value is -3.83. The van der Waals surface area contributed by atoms with Gasteiger partial charge in [-0.2, -0.15) is 5.10 Å². The number of fused-ring (bicyclic) bond motifs is 2. The first-order valence-corrected chi connectivity index (χ1v) is 11.8. The minimum Gasteiger partial charge on any atom is -0.347 e. The van der Waals surface area contributed by atoms with Crippen molar-refractivity contribution in [3.63, 3.8) is 0 Å². The van der Waals surface area contributed by atoms with Gasteiger partial charge in [-0.25, -0.2) is 18.1 Å². The second kappa shape index (κ2) is 7.70. The largest absolute Gasteiger partial charge is 0.347 e. The zero-order chi connectivity index (χ0) is 22.3. The molecule has 1 aliphatic heterocycles. The van der Waals surface area contributed by atoms with Gasteiger partial charge in [0.15, 0.2) is 0 Å². The summed E-state index contributed by atoms with van der Waals surface area (Å²) in [6.45, 7) is 0.241. The molecule has 2 N–H and O–H groups in total. The third-order valence-electron chi connectivity index (χ3n) is 4.87. The number of anilines is 1. The van der Waals surface area contributed by atoms with Gasteiger partial charge in [0.1, 0.15) is 0 Å². The van der Waals surface area contributed by atoms with Gasteiger partial charge in [-0.05, 0) is 36.4 Å². The smallest absolute Gasteiger partial charge is 0.257 e. The zero-order valence-corrected chi connectivity index (χ0v) is 18.0. The van der Waals surface area contributed by atoms with Crippen molar-refractivity contribution in [1.82, 2.24) is 20.1 Å². The molecule has 0 saturated heterocycles. The maximum atomic E-state index is 13.0. The van der Waals surface area contributed by atoms with Crippen LogP contribution in [-0.2, 0) is 16.4 Å². The topological polar surface area (TPSA) is 123 Å². The molecule has 0 aliphatic carbocycles. The van der Waals surface area contributed by atoms with E-state index in [-0.39, 0.29) is 33.2 Å². The van der Waals surface area contributed by atoms with Gasteiger partial charge in [-0.1, -0.05) is 23.5 Å². The highest BCUT2D eigenvalue weighted by Crippen LogP contribution is 2.34. The fourth-order valence-electron chi connectivity index (χ4n) is 3.34. The van der Waals surface area contributed by atoms with Crippen LogP contribution in [0.15, 0.2) is 76.9 Å². The second-order valence-corrected chi connectivity index (χ2v) is 9.89. The Kier molecular flexibility index (Phi) is 4.83. The lowest BCUT2D eigenvalue weighted by Gasteiger charge is -2.10. The number of hydrogen-bond acceptors (Lipinski definition) is 7. The van der Waals surface area contributed by atoms with Gasteiger partial charge in [0.05, 0.1) is 27.6 Å². The molecule has 5 rings (SSSR count). The number of nitrogens with zero attached hydrogens (tertiary/aromatic N) is 3. The molecular weight excluding hydrogens is 450 g/mol. The maximum Gasteiger partial charge on any atom is 0.257 e. The van der Waals surface area contributed by atoms with Crippen LogP contribution < -0.4 is 10.6 Å². The summed E-state index contributed by atoms with van der Waals surface area (Å²) >= 11 is 1.38. The molecule has 0 atom stereocenters. The number of thiazole rings is 1. The second-order valence-electron chi connectivity index (χ2n) is 6.91. The number of sulfone groups is 1. The van der Waals surface area contributed by atoms with Crippen LogP contribution in [0.1, 0.15) is 25.6 Å². The summed E-state index contributed by atoms with van der Waals surface area (Å²) in [5.41, 5.74) is 0.354. The molecular formula is C21H15N5O4S2. The number of carbonyl (C=O) groups is 2. The molecule has 32 heavy (non-hydrogen) atoms. The lowest BCUT2D eigenvalue weighted by Crippen LogP contribution is -2.22. The Morgan fingerprint density at radius 1 is 1.12 bits per heavy atom. The van der Waals surface area contributed by atoms with Gasteiger partial charge in [0.2, 0.25) is 15.0 Å². The molecule has 3 heterocycles. The predicted octanol–water partition coefficient (Wildman–Crippen LogP) is 2.66. The molecule has 0 bridgehead atoms. The molecule has 4 aromatic rings. The standard InChI is InChI=1S/C21H15N5O4S2/c27-19(22-11-14-12-23-21(31-14)26-9-3-8-24-26)13-6-7-18-16(10-13)25-20(28)15-4-1-2-5-17(15)32(18,29)30/h1-10,12H,11H2,(H,22,27)(H,25,28). The quantitative estimate of drug-likeness (QED) is 0.478. The van der Waals surface area contributed by atoms with Gasteiger partial charge in [0, 0.05) is 29.0 Å². The third kappa shape index (κ3) is 3.47. The van der Waals surface area contributed by atoms with Crippen molar-refractivity contribution in [3.8, 4) is 5.13 Å². The molecule has 0 saturated carbocycles. The van der Waals surface area contributed by atoms with Crippen LogP contribution >= 0.6 is 11.3 Å². The lowest BCUT2D eigenvalue weighted by atomic mass is 10.1. The van der Waals surface area contributed by atoms with Gasteiger partial charge >= 0.3 is 0 Å². The lowest BCUT2D eigenvalue weighted by molar-refractivity contribution is 0.0949. The Morgan fingerprint density at radius 3 is 2.78 bits per heavy atom. The Bertz CT molecular complexity index is 1460. The van der Waals surface area contributed by atoms with E-state index < -0.39 is 21.7 Å². The highest BCUT2D eigenvalue weighted by molar-refractivity contribution is 7.91.